The molecule has 11 nitrogen and oxygen atoms in total. The molecule has 212 valence electrons. The number of thiazole rings is 1. The zero-order valence-electron chi connectivity index (χ0n) is 21.9. The van der Waals surface area contributed by atoms with E-state index in [4.69, 9.17) is 4.74 Å². The topological polar surface area (TPSA) is 130 Å². The van der Waals surface area contributed by atoms with Crippen molar-refractivity contribution in [2.75, 3.05) is 44.2 Å². The summed E-state index contributed by atoms with van der Waals surface area (Å²) in [6.45, 7) is 3.85. The number of pyridine rings is 2. The van der Waals surface area contributed by atoms with Crippen LogP contribution in [0.3, 0.4) is 0 Å². The quantitative estimate of drug-likeness (QED) is 0.323. The number of hydrogen-bond donors (Lipinski definition) is 2. The molecule has 6 rings (SSSR count). The van der Waals surface area contributed by atoms with Gasteiger partial charge < -0.3 is 20.1 Å². The van der Waals surface area contributed by atoms with E-state index in [-0.39, 0.29) is 47.9 Å². The molecule has 2 N–H and O–H groups in total. The molecule has 2 fully saturated rings. The van der Waals surface area contributed by atoms with Crippen LogP contribution in [0.2, 0.25) is 0 Å². The van der Waals surface area contributed by atoms with E-state index in [9.17, 15) is 19.5 Å². The second-order valence-electron chi connectivity index (χ2n) is 10.1. The van der Waals surface area contributed by atoms with E-state index in [0.717, 1.165) is 25.4 Å². The first kappa shape index (κ1) is 27.0. The third-order valence-corrected chi connectivity index (χ3v) is 8.07. The molecule has 0 bridgehead atoms. The van der Waals surface area contributed by atoms with Crippen molar-refractivity contribution in [2.45, 2.75) is 12.6 Å². The number of ether oxygens (including phenoxy) is 1. The SMILES string of the molecule is O=C(O)c1cn(-c2nccs2)c2nc(N3CC(C(=O)NCC4CN(Cc5ccccc5)CCO4)C3)c(F)cc2c1=O. The molecule has 0 aliphatic carbocycles. The molecule has 0 radical (unpaired) electrons. The fraction of sp³-hybridized carbons (Fsp3) is 0.321. The van der Waals surface area contributed by atoms with Crippen molar-refractivity contribution in [1.29, 1.82) is 0 Å². The van der Waals surface area contributed by atoms with Gasteiger partial charge in [-0.05, 0) is 11.6 Å². The summed E-state index contributed by atoms with van der Waals surface area (Å²) in [5, 5.41) is 14.4. The summed E-state index contributed by atoms with van der Waals surface area (Å²) < 4.78 is 22.4. The Morgan fingerprint density at radius 2 is 2.00 bits per heavy atom. The van der Waals surface area contributed by atoms with Gasteiger partial charge in [0.25, 0.3) is 0 Å². The van der Waals surface area contributed by atoms with Crippen molar-refractivity contribution < 1.29 is 23.8 Å². The Balaban J connectivity index is 1.11. The number of morpholine rings is 1. The zero-order valence-corrected chi connectivity index (χ0v) is 22.7. The number of carboxylic acid groups (broad SMARTS) is 1. The van der Waals surface area contributed by atoms with Crippen molar-refractivity contribution in [1.82, 2.24) is 24.8 Å². The van der Waals surface area contributed by atoms with Gasteiger partial charge in [-0.25, -0.2) is 19.2 Å². The predicted molar refractivity (Wildman–Crippen MR) is 150 cm³/mol. The number of rotatable bonds is 8. The number of carboxylic acids is 1. The summed E-state index contributed by atoms with van der Waals surface area (Å²) in [6.07, 6.45) is 2.57. The first-order valence-corrected chi connectivity index (χ1v) is 14.0. The van der Waals surface area contributed by atoms with Crippen molar-refractivity contribution >= 4 is 40.1 Å². The fourth-order valence-corrected chi connectivity index (χ4v) is 5.75. The normalized spacial score (nSPS) is 17.9. The Labute approximate surface area is 237 Å². The van der Waals surface area contributed by atoms with Gasteiger partial charge in [0.15, 0.2) is 22.4 Å². The van der Waals surface area contributed by atoms with Gasteiger partial charge in [0.05, 0.1) is 24.0 Å². The molecule has 2 saturated heterocycles. The molecule has 0 spiro atoms. The van der Waals surface area contributed by atoms with E-state index in [0.29, 0.717) is 24.8 Å². The minimum atomic E-state index is -1.43. The van der Waals surface area contributed by atoms with Crippen molar-refractivity contribution in [3.63, 3.8) is 0 Å². The maximum Gasteiger partial charge on any atom is 0.341 e. The van der Waals surface area contributed by atoms with Gasteiger partial charge in [0, 0.05) is 57.0 Å². The van der Waals surface area contributed by atoms with Gasteiger partial charge in [-0.1, -0.05) is 30.3 Å². The summed E-state index contributed by atoms with van der Waals surface area (Å²) in [5.41, 5.74) is -0.0140. The lowest BCUT2D eigenvalue weighted by Gasteiger charge is -2.39. The van der Waals surface area contributed by atoms with Crippen LogP contribution >= 0.6 is 11.3 Å². The predicted octanol–water partition coefficient (Wildman–Crippen LogP) is 2.13. The highest BCUT2D eigenvalue weighted by atomic mass is 32.1. The summed E-state index contributed by atoms with van der Waals surface area (Å²) in [6, 6.07) is 11.2. The Hall–Kier alpha value is -4.20. The van der Waals surface area contributed by atoms with Crippen LogP contribution in [0.1, 0.15) is 15.9 Å². The molecule has 1 unspecified atom stereocenters. The Morgan fingerprint density at radius 1 is 1.20 bits per heavy atom. The monoisotopic (exact) mass is 578 g/mol. The number of nitrogens with zero attached hydrogens (tertiary/aromatic N) is 5. The maximum absolute atomic E-state index is 15.2. The van der Waals surface area contributed by atoms with Crippen LogP contribution in [-0.2, 0) is 16.1 Å². The van der Waals surface area contributed by atoms with Crippen LogP contribution in [0, 0.1) is 11.7 Å². The lowest BCUT2D eigenvalue weighted by atomic mass is 9.99. The number of carbonyl (C=O) groups is 2. The number of benzene rings is 1. The molecular formula is C28H27FN6O5S. The van der Waals surface area contributed by atoms with Crippen LogP contribution < -0.4 is 15.6 Å². The maximum atomic E-state index is 15.2. The summed E-state index contributed by atoms with van der Waals surface area (Å²) in [4.78, 5) is 49.8. The van der Waals surface area contributed by atoms with E-state index in [1.54, 1.807) is 10.3 Å². The third kappa shape index (κ3) is 5.56. The first-order valence-electron chi connectivity index (χ1n) is 13.2. The van der Waals surface area contributed by atoms with Crippen molar-refractivity contribution in [3.8, 4) is 5.13 Å². The molecule has 3 aromatic heterocycles. The number of halogens is 1. The fourth-order valence-electron chi connectivity index (χ4n) is 5.13. The largest absolute Gasteiger partial charge is 0.477 e. The minimum Gasteiger partial charge on any atom is -0.477 e. The molecule has 1 aromatic carbocycles. The third-order valence-electron chi connectivity index (χ3n) is 7.30. The van der Waals surface area contributed by atoms with Crippen LogP contribution in [0.25, 0.3) is 16.2 Å². The summed E-state index contributed by atoms with van der Waals surface area (Å²) >= 11 is 1.22. The number of aromatic carboxylic acids is 1. The van der Waals surface area contributed by atoms with Gasteiger partial charge in [-0.15, -0.1) is 11.3 Å². The zero-order chi connectivity index (χ0) is 28.5. The lowest BCUT2D eigenvalue weighted by molar-refractivity contribution is -0.127. The summed E-state index contributed by atoms with van der Waals surface area (Å²) in [7, 11) is 0. The highest BCUT2D eigenvalue weighted by Gasteiger charge is 2.36. The smallest absolute Gasteiger partial charge is 0.341 e. The number of fused-ring (bicyclic) bond motifs is 1. The second kappa shape index (κ2) is 11.4. The molecule has 4 aromatic rings. The molecule has 2 aliphatic rings. The molecule has 5 heterocycles. The Bertz CT molecular complexity index is 1640. The number of hydrogen-bond acceptors (Lipinski definition) is 9. The van der Waals surface area contributed by atoms with Crippen LogP contribution in [-0.4, -0.2) is 81.9 Å². The lowest BCUT2D eigenvalue weighted by Crippen LogP contribution is -2.56. The van der Waals surface area contributed by atoms with Crippen LogP contribution in [0.5, 0.6) is 0 Å². The molecule has 1 atom stereocenters. The molecular weight excluding hydrogens is 551 g/mol. The van der Waals surface area contributed by atoms with Gasteiger partial charge >= 0.3 is 5.97 Å². The van der Waals surface area contributed by atoms with Crippen molar-refractivity contribution in [2.24, 2.45) is 5.92 Å². The Morgan fingerprint density at radius 3 is 2.73 bits per heavy atom. The van der Waals surface area contributed by atoms with Gasteiger partial charge in [0.1, 0.15) is 5.56 Å². The number of nitrogens with one attached hydrogen (secondary N) is 1. The van der Waals surface area contributed by atoms with E-state index in [1.807, 2.05) is 18.2 Å². The van der Waals surface area contributed by atoms with Crippen LogP contribution in [0.15, 0.2) is 59.0 Å². The molecule has 0 saturated carbocycles. The van der Waals surface area contributed by atoms with Gasteiger partial charge in [-0.3, -0.25) is 19.1 Å². The molecule has 2 aliphatic heterocycles. The number of carbonyl (C=O) groups excluding carboxylic acids is 1. The van der Waals surface area contributed by atoms with E-state index in [2.05, 4.69) is 32.3 Å². The van der Waals surface area contributed by atoms with Gasteiger partial charge in [-0.2, -0.15) is 0 Å². The van der Waals surface area contributed by atoms with Crippen LogP contribution in [0.4, 0.5) is 10.2 Å². The second-order valence-corrected chi connectivity index (χ2v) is 11.0. The summed E-state index contributed by atoms with van der Waals surface area (Å²) in [5.74, 6) is -2.70. The Kier molecular flexibility index (Phi) is 7.47. The number of anilines is 1. The molecule has 41 heavy (non-hydrogen) atoms. The minimum absolute atomic E-state index is 0.0125. The molecule has 13 heteroatoms. The average molecular weight is 579 g/mol. The van der Waals surface area contributed by atoms with E-state index in [1.165, 1.54) is 27.7 Å². The van der Waals surface area contributed by atoms with E-state index < -0.39 is 22.8 Å². The van der Waals surface area contributed by atoms with E-state index >= 15 is 4.39 Å². The highest BCUT2D eigenvalue weighted by Crippen LogP contribution is 2.29. The van der Waals surface area contributed by atoms with Crippen molar-refractivity contribution in [3.05, 3.63) is 81.3 Å². The first-order chi connectivity index (χ1) is 19.9. The standard InChI is InChI=1S/C28H27FN6O5S/c29-22-10-20-23(36)21(27(38)39)16-35(28-30-6-9-41-28)24(20)32-25(22)34-13-18(14-34)26(37)31-11-19-15-33(7-8-40-19)12-17-4-2-1-3-5-17/h1-6,9-10,16,18-19H,7-8,11-15H2,(H,31,37)(H,38,39). The van der Waals surface area contributed by atoms with Gasteiger partial charge in [0.2, 0.25) is 11.3 Å². The molecule has 1 amide bonds. The number of amides is 1. The number of aromatic nitrogens is 3. The highest BCUT2D eigenvalue weighted by molar-refractivity contribution is 7.12. The average Bonchev–Trinajstić information content (AvgIpc) is 3.47.